The average molecular weight is 475 g/mol. The van der Waals surface area contributed by atoms with E-state index in [9.17, 15) is 14.4 Å². The lowest BCUT2D eigenvalue weighted by Gasteiger charge is -2.35. The summed E-state index contributed by atoms with van der Waals surface area (Å²) in [6.07, 6.45) is 3.54. The Labute approximate surface area is 202 Å². The van der Waals surface area contributed by atoms with Gasteiger partial charge in [0.15, 0.2) is 0 Å². The van der Waals surface area contributed by atoms with Gasteiger partial charge in [0.05, 0.1) is 18.7 Å². The second kappa shape index (κ2) is 9.57. The first-order valence-corrected chi connectivity index (χ1v) is 11.5. The number of pyridine rings is 1. The maximum absolute atomic E-state index is 13.1. The molecule has 180 valence electrons. The number of carbonyl (C=O) groups excluding carboxylic acids is 3. The van der Waals surface area contributed by atoms with Gasteiger partial charge in [0.1, 0.15) is 11.4 Å². The molecule has 2 aliphatic rings. The van der Waals surface area contributed by atoms with Crippen LogP contribution in [0.4, 0.5) is 5.69 Å². The van der Waals surface area contributed by atoms with Gasteiger partial charge in [-0.1, -0.05) is 0 Å². The highest BCUT2D eigenvalue weighted by Gasteiger charge is 2.38. The Morgan fingerprint density at radius 2 is 1.69 bits per heavy atom. The first-order valence-electron chi connectivity index (χ1n) is 11.5. The van der Waals surface area contributed by atoms with Crippen LogP contribution >= 0.6 is 0 Å². The van der Waals surface area contributed by atoms with Gasteiger partial charge in [0.25, 0.3) is 5.91 Å². The minimum atomic E-state index is -0.387. The zero-order valence-corrected chi connectivity index (χ0v) is 19.4. The lowest BCUT2D eigenvalue weighted by atomic mass is 10.1. The number of anilines is 1. The summed E-state index contributed by atoms with van der Waals surface area (Å²) in [6, 6.07) is 12.6. The van der Waals surface area contributed by atoms with E-state index in [-0.39, 0.29) is 30.1 Å². The van der Waals surface area contributed by atoms with E-state index in [2.05, 4.69) is 15.2 Å². The minimum absolute atomic E-state index is 0.0389. The molecule has 3 aromatic rings. The first-order chi connectivity index (χ1) is 17.0. The normalized spacial score (nSPS) is 18.1. The van der Waals surface area contributed by atoms with Crippen LogP contribution in [0, 0.1) is 5.92 Å². The fourth-order valence-electron chi connectivity index (χ4n) is 4.55. The van der Waals surface area contributed by atoms with E-state index < -0.39 is 0 Å². The van der Waals surface area contributed by atoms with Crippen LogP contribution in [0.2, 0.25) is 0 Å². The highest BCUT2D eigenvalue weighted by molar-refractivity contribution is 6.00. The quantitative estimate of drug-likeness (QED) is 0.604. The number of nitrogens with one attached hydrogen (secondary N) is 1. The number of nitrogens with zero attached hydrogens (tertiary/aromatic N) is 5. The fraction of sp³-hybridized carbons (Fsp3) is 0.320. The predicted molar refractivity (Wildman–Crippen MR) is 128 cm³/mol. The lowest BCUT2D eigenvalue weighted by molar-refractivity contribution is -0.137. The molecule has 35 heavy (non-hydrogen) atoms. The van der Waals surface area contributed by atoms with Crippen molar-refractivity contribution in [2.45, 2.75) is 6.42 Å². The molecule has 0 radical (unpaired) electrons. The van der Waals surface area contributed by atoms with Crippen molar-refractivity contribution in [3.63, 3.8) is 0 Å². The second-order valence-corrected chi connectivity index (χ2v) is 8.62. The van der Waals surface area contributed by atoms with E-state index in [1.807, 2.05) is 24.3 Å². The molecule has 1 aromatic carbocycles. The molecule has 2 saturated heterocycles. The Balaban J connectivity index is 1.17. The number of aromatic nitrogens is 3. The number of amides is 3. The molecule has 4 heterocycles. The van der Waals surface area contributed by atoms with E-state index in [0.29, 0.717) is 49.9 Å². The molecule has 0 bridgehead atoms. The van der Waals surface area contributed by atoms with Crippen LogP contribution in [-0.2, 0) is 9.59 Å². The Hall–Kier alpha value is -4.21. The van der Waals surface area contributed by atoms with Crippen LogP contribution in [-0.4, -0.2) is 82.5 Å². The molecule has 0 aliphatic carbocycles. The number of rotatable bonds is 5. The van der Waals surface area contributed by atoms with Gasteiger partial charge in [0.2, 0.25) is 11.8 Å². The Bertz CT molecular complexity index is 1220. The number of hydrogen-bond acceptors (Lipinski definition) is 6. The van der Waals surface area contributed by atoms with Crippen LogP contribution in [0.1, 0.15) is 16.9 Å². The highest BCUT2D eigenvalue weighted by Crippen LogP contribution is 2.28. The van der Waals surface area contributed by atoms with Crippen molar-refractivity contribution in [1.82, 2.24) is 25.0 Å². The maximum Gasteiger partial charge on any atom is 0.272 e. The van der Waals surface area contributed by atoms with Crippen molar-refractivity contribution < 1.29 is 19.1 Å². The molecule has 1 N–H and O–H groups in total. The molecule has 10 heteroatoms. The third kappa shape index (κ3) is 4.59. The van der Waals surface area contributed by atoms with Crippen molar-refractivity contribution in [2.24, 2.45) is 5.92 Å². The molecule has 1 unspecified atom stereocenters. The standard InChI is InChI=1S/C25H26N6O4/c1-35-20-4-2-19(3-5-20)31-16-18(14-23(31)32)24(33)29-10-12-30(13-11-29)25(34)22-15-21(27-28-22)17-6-8-26-9-7-17/h2-9,15,18H,10-14,16H2,1H3,(H,27,28). The van der Waals surface area contributed by atoms with Crippen LogP contribution in [0.15, 0.2) is 54.9 Å². The topological polar surface area (TPSA) is 112 Å². The minimum Gasteiger partial charge on any atom is -0.497 e. The zero-order chi connectivity index (χ0) is 24.4. The SMILES string of the molecule is COc1ccc(N2CC(C(=O)N3CCN(C(=O)c4cc(-c5ccncc5)n[nH]4)CC3)CC2=O)cc1. The number of ether oxygens (including phenoxy) is 1. The van der Waals surface area contributed by atoms with E-state index in [1.54, 1.807) is 52.4 Å². The first kappa shape index (κ1) is 22.6. The van der Waals surface area contributed by atoms with Gasteiger partial charge in [0, 0.05) is 62.8 Å². The molecule has 10 nitrogen and oxygen atoms in total. The van der Waals surface area contributed by atoms with Gasteiger partial charge in [-0.05, 0) is 42.5 Å². The Morgan fingerprint density at radius 1 is 1.00 bits per heavy atom. The molecule has 0 spiro atoms. The van der Waals surface area contributed by atoms with Gasteiger partial charge in [-0.25, -0.2) is 0 Å². The Kier molecular flexibility index (Phi) is 6.17. The van der Waals surface area contributed by atoms with Crippen LogP contribution in [0.25, 0.3) is 11.3 Å². The van der Waals surface area contributed by atoms with E-state index >= 15 is 0 Å². The maximum atomic E-state index is 13.1. The van der Waals surface area contributed by atoms with Crippen LogP contribution in [0.3, 0.4) is 0 Å². The second-order valence-electron chi connectivity index (χ2n) is 8.62. The van der Waals surface area contributed by atoms with Gasteiger partial charge in [-0.3, -0.25) is 24.5 Å². The average Bonchev–Trinajstić information content (AvgIpc) is 3.56. The van der Waals surface area contributed by atoms with Gasteiger partial charge < -0.3 is 19.4 Å². The number of carbonyl (C=O) groups is 3. The van der Waals surface area contributed by atoms with Crippen LogP contribution < -0.4 is 9.64 Å². The van der Waals surface area contributed by atoms with Crippen molar-refractivity contribution >= 4 is 23.4 Å². The zero-order valence-electron chi connectivity index (χ0n) is 19.4. The van der Waals surface area contributed by atoms with Crippen molar-refractivity contribution in [3.8, 4) is 17.0 Å². The summed E-state index contributed by atoms with van der Waals surface area (Å²) in [6.45, 7) is 2.08. The summed E-state index contributed by atoms with van der Waals surface area (Å²) in [4.78, 5) is 47.8. The summed E-state index contributed by atoms with van der Waals surface area (Å²) in [5.41, 5.74) is 2.72. The van der Waals surface area contributed by atoms with Gasteiger partial charge in [-0.15, -0.1) is 0 Å². The molecule has 2 fully saturated rings. The summed E-state index contributed by atoms with van der Waals surface area (Å²) in [5.74, 6) is 0.0766. The summed E-state index contributed by atoms with van der Waals surface area (Å²) < 4.78 is 5.17. The van der Waals surface area contributed by atoms with Crippen LogP contribution in [0.5, 0.6) is 5.75 Å². The number of benzene rings is 1. The number of aromatic amines is 1. The molecular weight excluding hydrogens is 448 g/mol. The molecule has 3 amide bonds. The number of H-pyrrole nitrogens is 1. The van der Waals surface area contributed by atoms with Crippen molar-refractivity contribution in [1.29, 1.82) is 0 Å². The molecule has 0 saturated carbocycles. The fourth-order valence-corrected chi connectivity index (χ4v) is 4.55. The molecule has 5 rings (SSSR count). The lowest BCUT2D eigenvalue weighted by Crippen LogP contribution is -2.52. The highest BCUT2D eigenvalue weighted by atomic mass is 16.5. The number of hydrogen-bond donors (Lipinski definition) is 1. The molecule has 2 aliphatic heterocycles. The van der Waals surface area contributed by atoms with E-state index in [4.69, 9.17) is 4.74 Å². The van der Waals surface area contributed by atoms with Crippen molar-refractivity contribution in [2.75, 3.05) is 44.7 Å². The van der Waals surface area contributed by atoms with Gasteiger partial charge >= 0.3 is 0 Å². The predicted octanol–water partition coefficient (Wildman–Crippen LogP) is 1.82. The Morgan fingerprint density at radius 3 is 2.37 bits per heavy atom. The molecule has 2 aromatic heterocycles. The monoisotopic (exact) mass is 474 g/mol. The molecular formula is C25H26N6O4. The largest absolute Gasteiger partial charge is 0.497 e. The summed E-state index contributed by atoms with van der Waals surface area (Å²) >= 11 is 0. The smallest absolute Gasteiger partial charge is 0.272 e. The van der Waals surface area contributed by atoms with E-state index in [1.165, 1.54) is 0 Å². The third-order valence-corrected chi connectivity index (χ3v) is 6.52. The number of piperazine rings is 1. The summed E-state index contributed by atoms with van der Waals surface area (Å²) in [7, 11) is 1.59. The van der Waals surface area contributed by atoms with E-state index in [0.717, 1.165) is 11.3 Å². The number of methoxy groups -OCH3 is 1. The van der Waals surface area contributed by atoms with Gasteiger partial charge in [-0.2, -0.15) is 5.10 Å². The van der Waals surface area contributed by atoms with Crippen molar-refractivity contribution in [3.05, 3.63) is 60.6 Å². The third-order valence-electron chi connectivity index (χ3n) is 6.52. The summed E-state index contributed by atoms with van der Waals surface area (Å²) in [5, 5.41) is 7.06. The molecule has 1 atom stereocenters.